The zero-order valence-electron chi connectivity index (χ0n) is 19.9. The molecule has 4 heteroatoms. The van der Waals surface area contributed by atoms with Crippen LogP contribution < -0.4 is 15.9 Å². The number of allylic oxidation sites excluding steroid dienone is 2. The van der Waals surface area contributed by atoms with Crippen LogP contribution in [0.15, 0.2) is 109 Å². The smallest absolute Gasteiger partial charge is 0.166 e. The number of rotatable bonds is 7. The summed E-state index contributed by atoms with van der Waals surface area (Å²) in [7, 11) is -0.973. The molecule has 0 spiro atoms. The minimum Gasteiger partial charge on any atom is -0.166 e. The van der Waals surface area contributed by atoms with Gasteiger partial charge >= 0.3 is 6.18 Å². The second-order valence-corrected chi connectivity index (χ2v) is 10.5. The Labute approximate surface area is 206 Å². The van der Waals surface area contributed by atoms with E-state index in [1.165, 1.54) is 12.1 Å². The van der Waals surface area contributed by atoms with Gasteiger partial charge in [-0.05, 0) is 71.1 Å². The maximum atomic E-state index is 13.8. The van der Waals surface area contributed by atoms with E-state index in [0.717, 1.165) is 45.5 Å². The molecule has 4 aromatic carbocycles. The third-order valence-corrected chi connectivity index (χ3v) is 8.49. The van der Waals surface area contributed by atoms with Crippen LogP contribution in [0, 0.1) is 0 Å². The largest absolute Gasteiger partial charge is 0.416 e. The topological polar surface area (TPSA) is 0 Å². The lowest BCUT2D eigenvalue weighted by atomic mass is 9.91. The Morgan fingerprint density at radius 2 is 1.29 bits per heavy atom. The van der Waals surface area contributed by atoms with Crippen LogP contribution in [0.1, 0.15) is 37.8 Å². The van der Waals surface area contributed by atoms with Crippen LogP contribution in [0.25, 0.3) is 16.7 Å². The van der Waals surface area contributed by atoms with E-state index >= 15 is 0 Å². The van der Waals surface area contributed by atoms with E-state index in [-0.39, 0.29) is 0 Å². The molecule has 0 aliphatic carbocycles. The summed E-state index contributed by atoms with van der Waals surface area (Å²) in [6.07, 6.45) is -0.717. The first-order valence-electron chi connectivity index (χ1n) is 11.8. The monoisotopic (exact) mass is 488 g/mol. The second-order valence-electron chi connectivity index (χ2n) is 8.27. The maximum Gasteiger partial charge on any atom is 0.416 e. The maximum absolute atomic E-state index is 13.8. The van der Waals surface area contributed by atoms with Gasteiger partial charge in [0.1, 0.15) is 0 Å². The molecule has 0 N–H and O–H groups in total. The van der Waals surface area contributed by atoms with Crippen molar-refractivity contribution in [2.24, 2.45) is 0 Å². The third-order valence-electron chi connectivity index (χ3n) is 5.99. The highest BCUT2D eigenvalue weighted by Gasteiger charge is 2.32. The van der Waals surface area contributed by atoms with E-state index < -0.39 is 19.7 Å². The van der Waals surface area contributed by atoms with Gasteiger partial charge in [-0.3, -0.25) is 0 Å². The van der Waals surface area contributed by atoms with Gasteiger partial charge in [-0.2, -0.15) is 13.2 Å². The highest BCUT2D eigenvalue weighted by atomic mass is 31.1. The van der Waals surface area contributed by atoms with E-state index in [1.54, 1.807) is 6.07 Å². The van der Waals surface area contributed by atoms with Gasteiger partial charge in [-0.25, -0.2) is 0 Å². The highest BCUT2D eigenvalue weighted by Crippen LogP contribution is 2.41. The Morgan fingerprint density at radius 3 is 1.83 bits per heavy atom. The van der Waals surface area contributed by atoms with Crippen molar-refractivity contribution in [2.45, 2.75) is 32.9 Å². The lowest BCUT2D eigenvalue weighted by Gasteiger charge is -2.24. The van der Waals surface area contributed by atoms with Gasteiger partial charge in [0.25, 0.3) is 0 Å². The summed E-state index contributed by atoms with van der Waals surface area (Å²) in [5, 5.41) is 3.37. The summed E-state index contributed by atoms with van der Waals surface area (Å²) in [5.74, 6) is 0. The Morgan fingerprint density at radius 1 is 0.714 bits per heavy atom. The molecule has 0 nitrogen and oxygen atoms in total. The van der Waals surface area contributed by atoms with Gasteiger partial charge in [-0.1, -0.05) is 111 Å². The van der Waals surface area contributed by atoms with E-state index in [0.29, 0.717) is 5.56 Å². The second kappa shape index (κ2) is 11.1. The Bertz CT molecular complexity index is 1250. The minimum absolute atomic E-state index is 0.623. The average Bonchev–Trinajstić information content (AvgIpc) is 2.88. The summed E-state index contributed by atoms with van der Waals surface area (Å²) in [6.45, 7) is 4.10. The zero-order valence-corrected chi connectivity index (χ0v) is 20.8. The summed E-state index contributed by atoms with van der Waals surface area (Å²) in [4.78, 5) is 0. The van der Waals surface area contributed by atoms with E-state index in [4.69, 9.17) is 0 Å². The number of hydrogen-bond acceptors (Lipinski definition) is 0. The molecule has 0 unspecified atom stereocenters. The molecular weight excluding hydrogens is 460 g/mol. The van der Waals surface area contributed by atoms with Crippen molar-refractivity contribution in [1.29, 1.82) is 0 Å². The molecule has 0 heterocycles. The molecule has 0 amide bonds. The molecule has 0 atom stereocenters. The van der Waals surface area contributed by atoms with Crippen LogP contribution in [0.4, 0.5) is 13.2 Å². The lowest BCUT2D eigenvalue weighted by molar-refractivity contribution is -0.137. The molecule has 0 saturated heterocycles. The van der Waals surface area contributed by atoms with E-state index in [2.05, 4.69) is 50.3 Å². The van der Waals surface area contributed by atoms with Crippen molar-refractivity contribution in [1.82, 2.24) is 0 Å². The van der Waals surface area contributed by atoms with Gasteiger partial charge in [0, 0.05) is 0 Å². The van der Waals surface area contributed by atoms with Crippen molar-refractivity contribution in [3.8, 4) is 11.1 Å². The molecule has 0 saturated carbocycles. The van der Waals surface area contributed by atoms with Crippen LogP contribution in [-0.4, -0.2) is 0 Å². The van der Waals surface area contributed by atoms with Crippen LogP contribution >= 0.6 is 7.92 Å². The van der Waals surface area contributed by atoms with Gasteiger partial charge in [0.15, 0.2) is 0 Å². The molecule has 0 fully saturated rings. The first-order chi connectivity index (χ1) is 16.9. The van der Waals surface area contributed by atoms with Crippen molar-refractivity contribution in [3.63, 3.8) is 0 Å². The molecule has 0 aliphatic heterocycles. The molecule has 0 aliphatic rings. The fraction of sp³-hybridized carbons (Fsp3) is 0.161. The molecule has 178 valence electrons. The van der Waals surface area contributed by atoms with Crippen molar-refractivity contribution < 1.29 is 13.2 Å². The first-order valence-corrected chi connectivity index (χ1v) is 13.2. The number of alkyl halides is 3. The van der Waals surface area contributed by atoms with Crippen molar-refractivity contribution in [2.75, 3.05) is 0 Å². The molecule has 35 heavy (non-hydrogen) atoms. The van der Waals surface area contributed by atoms with Crippen molar-refractivity contribution in [3.05, 3.63) is 120 Å². The summed E-state index contributed by atoms with van der Waals surface area (Å²) in [5.41, 5.74) is 2.79. The SMILES string of the molecule is CC/C=C(\CC)c1ccc(C(F)(F)F)cc1-c1ccccc1P(c1ccccc1)c1ccccc1. The molecule has 4 rings (SSSR count). The van der Waals surface area contributed by atoms with Gasteiger partial charge in [0.05, 0.1) is 5.56 Å². The quantitative estimate of drug-likeness (QED) is 0.229. The molecule has 0 radical (unpaired) electrons. The summed E-state index contributed by atoms with van der Waals surface area (Å²) >= 11 is 0. The van der Waals surface area contributed by atoms with Gasteiger partial charge in [-0.15, -0.1) is 0 Å². The van der Waals surface area contributed by atoms with E-state index in [1.807, 2.05) is 54.6 Å². The summed E-state index contributed by atoms with van der Waals surface area (Å²) < 4.78 is 41.5. The van der Waals surface area contributed by atoms with Crippen LogP contribution in [-0.2, 0) is 6.18 Å². The van der Waals surface area contributed by atoms with Crippen LogP contribution in [0.3, 0.4) is 0 Å². The standard InChI is InChI=1S/C31H28F3P/c1-3-13-23(4-2)27-21-20-24(31(32,33)34)22-29(27)28-18-11-12-19-30(28)35(25-14-7-5-8-15-25)26-16-9-6-10-17-26/h5-22H,3-4H2,1-2H3/b23-13+. The zero-order chi connectivity index (χ0) is 24.8. The minimum atomic E-state index is -4.41. The van der Waals surface area contributed by atoms with Crippen LogP contribution in [0.5, 0.6) is 0 Å². The van der Waals surface area contributed by atoms with E-state index in [9.17, 15) is 13.2 Å². The lowest BCUT2D eigenvalue weighted by Crippen LogP contribution is -2.22. The Kier molecular flexibility index (Phi) is 7.88. The fourth-order valence-corrected chi connectivity index (χ4v) is 6.86. The van der Waals surface area contributed by atoms with Crippen LogP contribution in [0.2, 0.25) is 0 Å². The predicted octanol–water partition coefficient (Wildman–Crippen LogP) is 8.33. The number of benzene rings is 4. The average molecular weight is 489 g/mol. The normalized spacial score (nSPS) is 12.2. The Hall–Kier alpha value is -3.16. The number of halogens is 3. The number of hydrogen-bond donors (Lipinski definition) is 0. The van der Waals surface area contributed by atoms with Gasteiger partial charge in [0.2, 0.25) is 0 Å². The predicted molar refractivity (Wildman–Crippen MR) is 144 cm³/mol. The molecule has 4 aromatic rings. The van der Waals surface area contributed by atoms with Gasteiger partial charge < -0.3 is 0 Å². The Balaban J connectivity index is 2.02. The molecule has 0 aromatic heterocycles. The first kappa shape index (κ1) is 24.9. The summed E-state index contributed by atoms with van der Waals surface area (Å²) in [6, 6.07) is 32.6. The molecule has 0 bridgehead atoms. The third kappa shape index (κ3) is 5.57. The highest BCUT2D eigenvalue weighted by molar-refractivity contribution is 7.80. The van der Waals surface area contributed by atoms with Crippen molar-refractivity contribution >= 4 is 29.4 Å². The fourth-order valence-electron chi connectivity index (χ4n) is 4.39. The molecular formula is C31H28F3P.